The minimum atomic E-state index is -2.03. The number of carbonyl (C=O) groups excluding carboxylic acids is 12. The molecular formula is C67H102O34. The molecule has 0 radical (unpaired) electrons. The van der Waals surface area contributed by atoms with Crippen molar-refractivity contribution in [1.82, 2.24) is 0 Å². The van der Waals surface area contributed by atoms with Crippen molar-refractivity contribution in [3.63, 3.8) is 0 Å². The number of unbranched alkanes of at least 4 members (excludes halogenated alkanes) is 6. The van der Waals surface area contributed by atoms with Crippen LogP contribution in [0.1, 0.15) is 188 Å². The molecule has 0 amide bonds. The van der Waals surface area contributed by atoms with E-state index >= 15 is 0 Å². The Morgan fingerprint density at radius 2 is 0.515 bits per heavy atom. The van der Waals surface area contributed by atoms with E-state index in [9.17, 15) is 57.5 Å². The molecule has 5 saturated heterocycles. The van der Waals surface area contributed by atoms with Gasteiger partial charge < -0.3 is 104 Å². The third-order valence-electron chi connectivity index (χ3n) is 16.7. The lowest BCUT2D eigenvalue weighted by Crippen LogP contribution is -2.69. The second-order valence-electron chi connectivity index (χ2n) is 25.4. The molecule has 34 heteroatoms. The molecule has 34 nitrogen and oxygen atoms in total. The van der Waals surface area contributed by atoms with E-state index in [0.29, 0.717) is 25.7 Å². The normalized spacial score (nSPS) is 34.2. The second-order valence-corrected chi connectivity index (χ2v) is 25.4. The molecule has 5 aliphatic rings. The minimum absolute atomic E-state index is 0.256. The predicted molar refractivity (Wildman–Crippen MR) is 336 cm³/mol. The highest BCUT2D eigenvalue weighted by Gasteiger charge is 2.62. The van der Waals surface area contributed by atoms with Gasteiger partial charge in [-0.2, -0.15) is 0 Å². The summed E-state index contributed by atoms with van der Waals surface area (Å²) in [7, 11) is 1.36. The topological polar surface area (TPSA) is 408 Å². The summed E-state index contributed by atoms with van der Waals surface area (Å²) in [5.41, 5.74) is 0. The predicted octanol–water partition coefficient (Wildman–Crippen LogP) is 4.37. The molecule has 0 unspecified atom stereocenters. The molecule has 5 aliphatic heterocycles. The Kier molecular flexibility index (Phi) is 33.9. The van der Waals surface area contributed by atoms with Gasteiger partial charge in [-0.1, -0.05) is 51.9 Å². The molecule has 26 atom stereocenters. The minimum Gasteiger partial charge on any atom is -0.469 e. The molecule has 0 spiro atoms. The van der Waals surface area contributed by atoms with E-state index < -0.39 is 225 Å². The first-order valence-corrected chi connectivity index (χ1v) is 34.0. The molecule has 0 N–H and O–H groups in total. The highest BCUT2D eigenvalue weighted by Crippen LogP contribution is 2.42. The van der Waals surface area contributed by atoms with E-state index in [2.05, 4.69) is 0 Å². The van der Waals surface area contributed by atoms with Crippen LogP contribution in [-0.2, 0) is 162 Å². The van der Waals surface area contributed by atoms with Crippen LogP contribution in [0.15, 0.2) is 0 Å². The summed E-state index contributed by atoms with van der Waals surface area (Å²) in [6.07, 6.45) is -33.8. The Labute approximate surface area is 586 Å². The van der Waals surface area contributed by atoms with Gasteiger partial charge >= 0.3 is 71.6 Å². The average molecular weight is 1450 g/mol. The monoisotopic (exact) mass is 1450 g/mol. The summed E-state index contributed by atoms with van der Waals surface area (Å²) < 4.78 is 135. The average Bonchev–Trinajstić information content (AvgIpc) is 0.760. The van der Waals surface area contributed by atoms with Crippen molar-refractivity contribution in [1.29, 1.82) is 0 Å². The van der Waals surface area contributed by atoms with Crippen molar-refractivity contribution < 1.29 is 162 Å². The van der Waals surface area contributed by atoms with Crippen LogP contribution < -0.4 is 0 Å². The number of rotatable bonds is 33. The molecule has 0 aliphatic carbocycles. The van der Waals surface area contributed by atoms with E-state index in [4.69, 9.17) is 104 Å². The molecular weight excluding hydrogens is 1350 g/mol. The first-order chi connectivity index (χ1) is 47.5. The fourth-order valence-electron chi connectivity index (χ4n) is 12.8. The number of ether oxygens (including phenoxy) is 22. The summed E-state index contributed by atoms with van der Waals surface area (Å²) in [6.45, 7) is 20.7. The van der Waals surface area contributed by atoms with Gasteiger partial charge in [0.05, 0.1) is 43.7 Å². The maximum atomic E-state index is 13.6. The van der Waals surface area contributed by atoms with Crippen LogP contribution in [0.4, 0.5) is 0 Å². The van der Waals surface area contributed by atoms with Crippen LogP contribution in [0, 0.1) is 0 Å². The largest absolute Gasteiger partial charge is 0.469 e. The lowest BCUT2D eigenvalue weighted by atomic mass is 9.95. The number of carbonyl (C=O) groups is 12. The first-order valence-electron chi connectivity index (χ1n) is 34.0. The summed E-state index contributed by atoms with van der Waals surface area (Å²) in [5, 5.41) is 0. The Balaban J connectivity index is 1.68. The van der Waals surface area contributed by atoms with E-state index in [-0.39, 0.29) is 5.97 Å². The van der Waals surface area contributed by atoms with Crippen molar-refractivity contribution in [2.75, 3.05) is 7.11 Å². The zero-order valence-corrected chi connectivity index (χ0v) is 60.7. The Hall–Kier alpha value is -6.76. The quantitative estimate of drug-likeness (QED) is 0.0500. The van der Waals surface area contributed by atoms with Crippen molar-refractivity contribution in [3.8, 4) is 0 Å². The molecule has 0 bridgehead atoms. The van der Waals surface area contributed by atoms with Crippen LogP contribution in [0.5, 0.6) is 0 Å². The highest BCUT2D eigenvalue weighted by atomic mass is 16.8. The SMILES string of the molecule is CCC[C@@H](CCCCCCCCCC(=O)OC)O[C@@H]1O[C@H](C)[C@@H](OC(C)=O)[C@H](OC(C)=O)[C@H]1O[C@@H]1O[C@@H](C)[C@H](O[C@@H]2O[C@H](C)[C@@H](OC(C)=O)[C@H](O[C@@H]3O[C@@H](C)[C@H](OC(C)=O)[C@@H](OC(C)=O)[C@H]3OC(C)=O)[C@H]2O[C@@H]2O[C@@H](C)[C@H](OC(C)=O)[C@@H](OC(C)=O)[C@H]2OC(C)=O)[C@@H](OC(C)=O)[C@H]1OC(C)=O. The molecule has 0 aromatic rings. The van der Waals surface area contributed by atoms with Gasteiger partial charge in [-0.05, 0) is 53.9 Å². The maximum Gasteiger partial charge on any atom is 0.305 e. The van der Waals surface area contributed by atoms with Gasteiger partial charge in [0.15, 0.2) is 105 Å². The third kappa shape index (κ3) is 25.6. The van der Waals surface area contributed by atoms with Crippen LogP contribution >= 0.6 is 0 Å². The number of hydrogen-bond donors (Lipinski definition) is 0. The van der Waals surface area contributed by atoms with Crippen LogP contribution in [-0.4, -0.2) is 238 Å². The lowest BCUT2D eigenvalue weighted by molar-refractivity contribution is -0.405. The second kappa shape index (κ2) is 40.3. The number of esters is 12. The van der Waals surface area contributed by atoms with Gasteiger partial charge in [-0.3, -0.25) is 57.5 Å². The summed E-state index contributed by atoms with van der Waals surface area (Å²) >= 11 is 0. The van der Waals surface area contributed by atoms with Gasteiger partial charge in [-0.25, -0.2) is 0 Å². The lowest BCUT2D eigenvalue weighted by Gasteiger charge is -2.52. The summed E-state index contributed by atoms with van der Waals surface area (Å²) in [5.74, 6) is -10.5. The first kappa shape index (κ1) is 84.9. The van der Waals surface area contributed by atoms with E-state index in [1.54, 1.807) is 6.92 Å². The molecule has 5 fully saturated rings. The smallest absolute Gasteiger partial charge is 0.305 e. The van der Waals surface area contributed by atoms with Crippen LogP contribution in [0.25, 0.3) is 0 Å². The zero-order valence-electron chi connectivity index (χ0n) is 60.7. The van der Waals surface area contributed by atoms with Gasteiger partial charge in [0, 0.05) is 82.6 Å². The Bertz CT molecular complexity index is 2800. The molecule has 0 aromatic heterocycles. The molecule has 5 rings (SSSR count). The van der Waals surface area contributed by atoms with E-state index in [1.165, 1.54) is 34.8 Å². The van der Waals surface area contributed by atoms with Crippen molar-refractivity contribution in [3.05, 3.63) is 0 Å². The van der Waals surface area contributed by atoms with Crippen molar-refractivity contribution in [2.24, 2.45) is 0 Å². The fraction of sp³-hybridized carbons (Fsp3) is 0.821. The fourth-order valence-corrected chi connectivity index (χ4v) is 12.8. The van der Waals surface area contributed by atoms with E-state index in [0.717, 1.165) is 121 Å². The van der Waals surface area contributed by atoms with Gasteiger partial charge in [-0.15, -0.1) is 0 Å². The van der Waals surface area contributed by atoms with Gasteiger partial charge in [0.2, 0.25) is 0 Å². The summed E-state index contributed by atoms with van der Waals surface area (Å²) in [6, 6.07) is 0. The Morgan fingerprint density at radius 1 is 0.277 bits per heavy atom. The third-order valence-corrected chi connectivity index (χ3v) is 16.7. The molecule has 5 heterocycles. The number of methoxy groups -OCH3 is 1. The maximum absolute atomic E-state index is 13.6. The molecule has 574 valence electrons. The number of hydrogen-bond acceptors (Lipinski definition) is 34. The van der Waals surface area contributed by atoms with Gasteiger partial charge in [0.25, 0.3) is 0 Å². The van der Waals surface area contributed by atoms with Crippen LogP contribution in [0.2, 0.25) is 0 Å². The van der Waals surface area contributed by atoms with Crippen molar-refractivity contribution >= 4 is 71.6 Å². The van der Waals surface area contributed by atoms with Crippen molar-refractivity contribution in [2.45, 2.75) is 348 Å². The van der Waals surface area contributed by atoms with Crippen LogP contribution in [0.3, 0.4) is 0 Å². The standard InChI is InChI=1S/C67H102O34/c1-19-27-46(28-25-23-21-20-22-24-26-29-47(79)80-18)97-63-61(55(92-41(13)74)50(30(2)81-63)88-37(9)70)100-66-60(96-45(17)78)56(93-42(14)75)52(34(6)85-66)98-67-62(101-65-59(95-44(16)77)54(91-40(12)73)49(32(4)83-65)87-36(8)69)57(51(33(5)84-67)89-38(10)71)99-64-58(94-43(15)76)53(90-39(11)72)48(31(3)82-64)86-35(7)68/h30-34,46,48-67H,19-29H2,1-18H3/t30-,31+,32+,33-,34+,46+,48+,49+,50-,51-,52+,53-,54-,55+,56-,57+,58-,59-,60-,61-,62-,63+,64+,65+,66+,67+/m1/s1. The molecule has 0 aromatic carbocycles. The Morgan fingerprint density at radius 3 is 0.851 bits per heavy atom. The summed E-state index contributed by atoms with van der Waals surface area (Å²) in [4.78, 5) is 155. The molecule has 101 heavy (non-hydrogen) atoms. The van der Waals surface area contributed by atoms with E-state index in [1.807, 2.05) is 6.92 Å². The molecule has 0 saturated carbocycles. The zero-order chi connectivity index (χ0) is 75.3. The highest BCUT2D eigenvalue weighted by molar-refractivity contribution is 5.71. The van der Waals surface area contributed by atoms with Gasteiger partial charge in [0.1, 0.15) is 18.3 Å².